The number of esters is 3. The maximum Gasteiger partial charge on any atom is 0.341 e. The molecular weight excluding hydrogens is 428 g/mol. The van der Waals surface area contributed by atoms with E-state index in [-0.39, 0.29) is 23.7 Å². The smallest absolute Gasteiger partial charge is 0.341 e. The van der Waals surface area contributed by atoms with Crippen molar-refractivity contribution in [3.63, 3.8) is 0 Å². The van der Waals surface area contributed by atoms with Gasteiger partial charge < -0.3 is 23.7 Å². The molecular formula is C25H30O8. The van der Waals surface area contributed by atoms with Crippen molar-refractivity contribution in [3.8, 4) is 0 Å². The Balaban J connectivity index is 1.52. The lowest BCUT2D eigenvalue weighted by Gasteiger charge is -2.30. The van der Waals surface area contributed by atoms with Gasteiger partial charge in [0.15, 0.2) is 11.7 Å². The monoisotopic (exact) mass is 458 g/mol. The van der Waals surface area contributed by atoms with Crippen LogP contribution in [0.1, 0.15) is 48.0 Å². The summed E-state index contributed by atoms with van der Waals surface area (Å²) in [4.78, 5) is 38.1. The summed E-state index contributed by atoms with van der Waals surface area (Å²) >= 11 is 0. The SMILES string of the molecule is C=C1C(=O)O[C@@H]2[C@@H]1[C@@H](OC(=O)C1(C)OC1C)CC(C)=C1[C@H]2[C@@]2(C)O[C@H]2[C@H]1OC(=O)/C(C)=C\C. The Kier molecular flexibility index (Phi) is 4.76. The first-order valence-electron chi connectivity index (χ1n) is 11.4. The Bertz CT molecular complexity index is 1040. The molecule has 2 aliphatic carbocycles. The second-order valence-corrected chi connectivity index (χ2v) is 10.2. The fraction of sp³-hybridized carbons (Fsp3) is 0.640. The van der Waals surface area contributed by atoms with Crippen molar-refractivity contribution < 1.29 is 38.1 Å². The number of rotatable bonds is 4. The molecule has 0 radical (unpaired) electrons. The van der Waals surface area contributed by atoms with E-state index in [4.69, 9.17) is 23.7 Å². The van der Waals surface area contributed by atoms with Crippen LogP contribution in [0.2, 0.25) is 0 Å². The molecule has 33 heavy (non-hydrogen) atoms. The minimum Gasteiger partial charge on any atom is -0.459 e. The van der Waals surface area contributed by atoms with E-state index in [1.165, 1.54) is 0 Å². The van der Waals surface area contributed by atoms with Gasteiger partial charge in [0.1, 0.15) is 23.9 Å². The van der Waals surface area contributed by atoms with Gasteiger partial charge >= 0.3 is 17.9 Å². The van der Waals surface area contributed by atoms with Crippen LogP contribution in [0.25, 0.3) is 0 Å². The van der Waals surface area contributed by atoms with Gasteiger partial charge in [-0.25, -0.2) is 14.4 Å². The number of ether oxygens (including phenoxy) is 5. The third kappa shape index (κ3) is 3.06. The Labute approximate surface area is 192 Å². The molecule has 0 aromatic carbocycles. The number of fused-ring (bicyclic) bond motifs is 5. The minimum absolute atomic E-state index is 0.228. The fourth-order valence-electron chi connectivity index (χ4n) is 5.75. The molecule has 5 rings (SSSR count). The van der Waals surface area contributed by atoms with E-state index in [0.717, 1.165) is 11.1 Å². The van der Waals surface area contributed by atoms with Crippen LogP contribution in [-0.2, 0) is 38.1 Å². The van der Waals surface area contributed by atoms with Gasteiger partial charge in [0, 0.05) is 17.6 Å². The van der Waals surface area contributed by atoms with Crippen LogP contribution in [-0.4, -0.2) is 59.6 Å². The Morgan fingerprint density at radius 2 is 1.88 bits per heavy atom. The Morgan fingerprint density at radius 1 is 1.21 bits per heavy atom. The van der Waals surface area contributed by atoms with Crippen molar-refractivity contribution in [1.82, 2.24) is 0 Å². The summed E-state index contributed by atoms with van der Waals surface area (Å²) in [5.74, 6) is -2.22. The largest absolute Gasteiger partial charge is 0.459 e. The third-order valence-electron chi connectivity index (χ3n) is 8.21. The molecule has 178 valence electrons. The van der Waals surface area contributed by atoms with Gasteiger partial charge in [-0.2, -0.15) is 0 Å². The average molecular weight is 459 g/mol. The van der Waals surface area contributed by atoms with E-state index in [9.17, 15) is 14.4 Å². The van der Waals surface area contributed by atoms with E-state index in [1.54, 1.807) is 26.8 Å². The molecule has 8 nitrogen and oxygen atoms in total. The van der Waals surface area contributed by atoms with Gasteiger partial charge in [-0.15, -0.1) is 0 Å². The first-order chi connectivity index (χ1) is 15.4. The van der Waals surface area contributed by atoms with Crippen LogP contribution in [0.5, 0.6) is 0 Å². The maximum atomic E-state index is 12.9. The van der Waals surface area contributed by atoms with E-state index >= 15 is 0 Å². The summed E-state index contributed by atoms with van der Waals surface area (Å²) in [6.45, 7) is 14.8. The highest BCUT2D eigenvalue weighted by Crippen LogP contribution is 2.63. The van der Waals surface area contributed by atoms with Crippen molar-refractivity contribution in [3.05, 3.63) is 34.9 Å². The molecule has 0 bridgehead atoms. The summed E-state index contributed by atoms with van der Waals surface area (Å²) < 4.78 is 29.1. The zero-order chi connectivity index (χ0) is 24.0. The van der Waals surface area contributed by atoms with Crippen LogP contribution in [0.15, 0.2) is 34.9 Å². The van der Waals surface area contributed by atoms with Gasteiger partial charge in [-0.05, 0) is 47.1 Å². The number of carbonyl (C=O) groups is 3. The number of allylic oxidation sites excluding steroid dienone is 1. The van der Waals surface area contributed by atoms with E-state index in [0.29, 0.717) is 12.0 Å². The van der Waals surface area contributed by atoms with Crippen LogP contribution in [0.3, 0.4) is 0 Å². The molecule has 4 fully saturated rings. The molecule has 2 unspecified atom stereocenters. The molecule has 1 saturated carbocycles. The number of carbonyl (C=O) groups excluding carboxylic acids is 3. The zero-order valence-corrected chi connectivity index (χ0v) is 19.8. The number of hydrogen-bond donors (Lipinski definition) is 0. The number of epoxide rings is 2. The second-order valence-electron chi connectivity index (χ2n) is 10.2. The molecule has 0 N–H and O–H groups in total. The van der Waals surface area contributed by atoms with Gasteiger partial charge in [-0.1, -0.05) is 18.2 Å². The molecule has 0 spiro atoms. The summed E-state index contributed by atoms with van der Waals surface area (Å²) in [7, 11) is 0. The van der Waals surface area contributed by atoms with Gasteiger partial charge in [-0.3, -0.25) is 0 Å². The Hall–Kier alpha value is -2.45. The van der Waals surface area contributed by atoms with Crippen molar-refractivity contribution in [2.45, 2.75) is 89.7 Å². The van der Waals surface area contributed by atoms with E-state index in [1.807, 2.05) is 20.8 Å². The van der Waals surface area contributed by atoms with Crippen molar-refractivity contribution >= 4 is 17.9 Å². The van der Waals surface area contributed by atoms with E-state index < -0.39 is 53.3 Å². The van der Waals surface area contributed by atoms with Gasteiger partial charge in [0.05, 0.1) is 17.9 Å². The molecule has 3 saturated heterocycles. The standard InChI is InChI=1S/C25H30O8/c1-8-10(2)21(26)31-19-15-11(3)9-14(29-23(28)24(6)13(5)32-24)16-12(4)22(27)30-18(16)17(15)25(7)20(19)33-25/h8,13-14,16-20H,4,9H2,1-3,5-7H3/b10-8-/t13?,14-,16-,17+,18+,19-,20-,24?,25+/m0/s1. The quantitative estimate of drug-likeness (QED) is 0.208. The lowest BCUT2D eigenvalue weighted by Crippen LogP contribution is -2.41. The van der Waals surface area contributed by atoms with Crippen LogP contribution in [0, 0.1) is 11.8 Å². The zero-order valence-electron chi connectivity index (χ0n) is 19.8. The maximum absolute atomic E-state index is 12.9. The second kappa shape index (κ2) is 7.03. The van der Waals surface area contributed by atoms with Crippen LogP contribution >= 0.6 is 0 Å². The fourth-order valence-corrected chi connectivity index (χ4v) is 5.75. The predicted molar refractivity (Wildman–Crippen MR) is 115 cm³/mol. The molecule has 0 aromatic heterocycles. The molecule has 3 aliphatic heterocycles. The molecule has 3 heterocycles. The highest BCUT2D eigenvalue weighted by molar-refractivity contribution is 5.92. The summed E-state index contributed by atoms with van der Waals surface area (Å²) in [5.41, 5.74) is 1.00. The lowest BCUT2D eigenvalue weighted by molar-refractivity contribution is -0.159. The molecule has 0 amide bonds. The minimum atomic E-state index is -0.984. The van der Waals surface area contributed by atoms with Crippen molar-refractivity contribution in [2.75, 3.05) is 0 Å². The Morgan fingerprint density at radius 3 is 2.48 bits per heavy atom. The first-order valence-corrected chi connectivity index (χ1v) is 11.4. The summed E-state index contributed by atoms with van der Waals surface area (Å²) in [6, 6.07) is 0. The normalized spacial score (nSPS) is 45.5. The van der Waals surface area contributed by atoms with Gasteiger partial charge in [0.2, 0.25) is 0 Å². The molecule has 8 heteroatoms. The summed E-state index contributed by atoms with van der Waals surface area (Å²) in [6.07, 6.45) is -0.329. The van der Waals surface area contributed by atoms with Crippen molar-refractivity contribution in [1.29, 1.82) is 0 Å². The molecule has 5 aliphatic rings. The van der Waals surface area contributed by atoms with Crippen molar-refractivity contribution in [2.24, 2.45) is 11.8 Å². The van der Waals surface area contributed by atoms with Crippen LogP contribution < -0.4 is 0 Å². The highest BCUT2D eigenvalue weighted by Gasteiger charge is 2.75. The molecule has 9 atom stereocenters. The molecule has 0 aromatic rings. The third-order valence-corrected chi connectivity index (χ3v) is 8.21. The summed E-state index contributed by atoms with van der Waals surface area (Å²) in [5, 5.41) is 0. The lowest BCUT2D eigenvalue weighted by atomic mass is 9.80. The van der Waals surface area contributed by atoms with E-state index in [2.05, 4.69) is 6.58 Å². The topological polar surface area (TPSA) is 104 Å². The first kappa shape index (κ1) is 22.3. The predicted octanol–water partition coefficient (Wildman–Crippen LogP) is 2.56. The van der Waals surface area contributed by atoms with Crippen LogP contribution in [0.4, 0.5) is 0 Å². The highest BCUT2D eigenvalue weighted by atomic mass is 16.7. The average Bonchev–Trinajstić information content (AvgIpc) is 3.56. The van der Waals surface area contributed by atoms with Gasteiger partial charge in [0.25, 0.3) is 0 Å². The number of hydrogen-bond acceptors (Lipinski definition) is 8.